The van der Waals surface area contributed by atoms with Gasteiger partial charge in [-0.3, -0.25) is 4.79 Å². The third kappa shape index (κ3) is 3.45. The molecule has 0 aliphatic heterocycles. The van der Waals surface area contributed by atoms with E-state index >= 15 is 0 Å². The van der Waals surface area contributed by atoms with Crippen LogP contribution in [0.15, 0.2) is 36.4 Å². The molecular formula is C14H16BrNO3. The maximum Gasteiger partial charge on any atom is 0.320 e. The second kappa shape index (κ2) is 6.54. The van der Waals surface area contributed by atoms with Gasteiger partial charge < -0.3 is 15.9 Å². The molecule has 0 saturated carbocycles. The number of halogens is 1. The number of hydrogen-bond acceptors (Lipinski definition) is 3. The zero-order valence-corrected chi connectivity index (χ0v) is 12.0. The van der Waals surface area contributed by atoms with Crippen molar-refractivity contribution in [3.05, 3.63) is 42.0 Å². The van der Waals surface area contributed by atoms with E-state index in [2.05, 4.69) is 0 Å². The molecule has 4 nitrogen and oxygen atoms in total. The van der Waals surface area contributed by atoms with Crippen LogP contribution in [0.2, 0.25) is 0 Å². The van der Waals surface area contributed by atoms with E-state index in [1.54, 1.807) is 6.07 Å². The van der Waals surface area contributed by atoms with Gasteiger partial charge in [0, 0.05) is 5.39 Å². The van der Waals surface area contributed by atoms with Crippen molar-refractivity contribution in [2.75, 3.05) is 0 Å². The van der Waals surface area contributed by atoms with E-state index in [1.165, 1.54) is 0 Å². The molecule has 1 unspecified atom stereocenters. The van der Waals surface area contributed by atoms with Crippen molar-refractivity contribution < 1.29 is 15.0 Å². The van der Waals surface area contributed by atoms with Crippen molar-refractivity contribution in [1.29, 1.82) is 0 Å². The molecule has 2 rings (SSSR count). The van der Waals surface area contributed by atoms with E-state index in [0.717, 1.165) is 16.3 Å². The number of aryl methyl sites for hydroxylation is 1. The third-order valence-corrected chi connectivity index (χ3v) is 3.03. The molecule has 0 amide bonds. The van der Waals surface area contributed by atoms with Crippen LogP contribution in [0.1, 0.15) is 12.0 Å². The van der Waals surface area contributed by atoms with Gasteiger partial charge in [0.15, 0.2) is 0 Å². The molecule has 0 bridgehead atoms. The van der Waals surface area contributed by atoms with Gasteiger partial charge in [-0.25, -0.2) is 0 Å². The Kier molecular flexibility index (Phi) is 5.32. The summed E-state index contributed by atoms with van der Waals surface area (Å²) in [5.74, 6) is -0.755. The first kappa shape index (κ1) is 15.5. The number of carboxylic acids is 1. The number of rotatable bonds is 4. The quantitative estimate of drug-likeness (QED) is 0.806. The zero-order chi connectivity index (χ0) is 13.1. The van der Waals surface area contributed by atoms with E-state index in [4.69, 9.17) is 10.8 Å². The summed E-state index contributed by atoms with van der Waals surface area (Å²) in [4.78, 5) is 10.7. The number of phenolic OH excluding ortho intramolecular Hbond substituents is 1. The number of carbonyl (C=O) groups is 1. The molecule has 102 valence electrons. The summed E-state index contributed by atoms with van der Waals surface area (Å²) < 4.78 is 0. The highest BCUT2D eigenvalue weighted by atomic mass is 79.9. The van der Waals surface area contributed by atoms with Gasteiger partial charge in [0.25, 0.3) is 0 Å². The lowest BCUT2D eigenvalue weighted by atomic mass is 9.98. The number of aliphatic carboxylic acids is 1. The van der Waals surface area contributed by atoms with Gasteiger partial charge in [0.2, 0.25) is 0 Å². The summed E-state index contributed by atoms with van der Waals surface area (Å²) in [5.41, 5.74) is 6.49. The molecular weight excluding hydrogens is 310 g/mol. The number of aromatic hydroxyl groups is 1. The molecule has 4 N–H and O–H groups in total. The number of phenols is 1. The molecule has 5 heteroatoms. The van der Waals surface area contributed by atoms with Gasteiger partial charge in [-0.05, 0) is 29.9 Å². The highest BCUT2D eigenvalue weighted by molar-refractivity contribution is 8.93. The Morgan fingerprint density at radius 3 is 2.42 bits per heavy atom. The van der Waals surface area contributed by atoms with Gasteiger partial charge in [-0.15, -0.1) is 17.0 Å². The van der Waals surface area contributed by atoms with Crippen LogP contribution in [0.4, 0.5) is 0 Å². The van der Waals surface area contributed by atoms with Crippen LogP contribution in [0.25, 0.3) is 10.8 Å². The smallest absolute Gasteiger partial charge is 0.320 e. The standard InChI is InChI=1S/C14H15NO3.BrH/c15-12(14(17)18)7-5-9-6-8-13(16)11-4-2-1-3-10(9)11;/h1-4,6,8,12,16H,5,7,15H2,(H,17,18);1H. The molecule has 0 aliphatic carbocycles. The van der Waals surface area contributed by atoms with Gasteiger partial charge in [0.05, 0.1) is 0 Å². The van der Waals surface area contributed by atoms with Crippen molar-refractivity contribution in [3.8, 4) is 5.75 Å². The topological polar surface area (TPSA) is 83.5 Å². The highest BCUT2D eigenvalue weighted by Crippen LogP contribution is 2.28. The summed E-state index contributed by atoms with van der Waals surface area (Å²) in [6, 6.07) is 10.1. The maximum atomic E-state index is 10.7. The fourth-order valence-electron chi connectivity index (χ4n) is 2.00. The summed E-state index contributed by atoms with van der Waals surface area (Å²) in [6.07, 6.45) is 0.957. The molecule has 0 saturated heterocycles. The van der Waals surface area contributed by atoms with Crippen LogP contribution in [0.5, 0.6) is 5.75 Å². The Labute approximate surface area is 121 Å². The van der Waals surface area contributed by atoms with E-state index < -0.39 is 12.0 Å². The van der Waals surface area contributed by atoms with Crippen LogP contribution in [-0.2, 0) is 11.2 Å². The molecule has 19 heavy (non-hydrogen) atoms. The normalized spacial score (nSPS) is 11.8. The van der Waals surface area contributed by atoms with Crippen LogP contribution >= 0.6 is 17.0 Å². The predicted octanol–water partition coefficient (Wildman–Crippen LogP) is 2.47. The Hall–Kier alpha value is -1.59. The Morgan fingerprint density at radius 1 is 1.16 bits per heavy atom. The minimum absolute atomic E-state index is 0. The molecule has 1 atom stereocenters. The largest absolute Gasteiger partial charge is 0.507 e. The molecule has 0 heterocycles. The number of carboxylic acid groups (broad SMARTS) is 1. The average molecular weight is 326 g/mol. The van der Waals surface area contributed by atoms with E-state index in [-0.39, 0.29) is 22.7 Å². The van der Waals surface area contributed by atoms with E-state index in [1.807, 2.05) is 30.3 Å². The first-order valence-electron chi connectivity index (χ1n) is 5.77. The van der Waals surface area contributed by atoms with Gasteiger partial charge in [-0.2, -0.15) is 0 Å². The Balaban J connectivity index is 0.00000180. The average Bonchev–Trinajstić information content (AvgIpc) is 2.38. The summed E-state index contributed by atoms with van der Waals surface area (Å²) in [6.45, 7) is 0. The highest BCUT2D eigenvalue weighted by Gasteiger charge is 2.12. The first-order valence-corrected chi connectivity index (χ1v) is 5.77. The molecule has 2 aromatic carbocycles. The van der Waals surface area contributed by atoms with Gasteiger partial charge >= 0.3 is 5.97 Å². The fraction of sp³-hybridized carbons (Fsp3) is 0.214. The first-order chi connectivity index (χ1) is 8.59. The van der Waals surface area contributed by atoms with E-state index in [0.29, 0.717) is 12.8 Å². The molecule has 0 aromatic heterocycles. The van der Waals surface area contributed by atoms with Crippen molar-refractivity contribution >= 4 is 33.7 Å². The van der Waals surface area contributed by atoms with Crippen molar-refractivity contribution in [1.82, 2.24) is 0 Å². The third-order valence-electron chi connectivity index (χ3n) is 3.03. The van der Waals surface area contributed by atoms with Crippen LogP contribution in [0, 0.1) is 0 Å². The summed E-state index contributed by atoms with van der Waals surface area (Å²) in [5, 5.41) is 20.2. The molecule has 0 radical (unpaired) electrons. The lowest BCUT2D eigenvalue weighted by Gasteiger charge is -2.10. The number of nitrogens with two attached hydrogens (primary N) is 1. The Morgan fingerprint density at radius 2 is 1.79 bits per heavy atom. The SMILES string of the molecule is Br.NC(CCc1ccc(O)c2ccccc12)C(=O)O. The van der Waals surface area contributed by atoms with Crippen LogP contribution in [-0.4, -0.2) is 22.2 Å². The van der Waals surface area contributed by atoms with Crippen molar-refractivity contribution in [2.24, 2.45) is 5.73 Å². The van der Waals surface area contributed by atoms with Crippen molar-refractivity contribution in [3.63, 3.8) is 0 Å². The minimum atomic E-state index is -0.988. The van der Waals surface area contributed by atoms with Crippen LogP contribution < -0.4 is 5.73 Å². The minimum Gasteiger partial charge on any atom is -0.507 e. The van der Waals surface area contributed by atoms with Crippen molar-refractivity contribution in [2.45, 2.75) is 18.9 Å². The molecule has 0 spiro atoms. The second-order valence-corrected chi connectivity index (χ2v) is 4.27. The second-order valence-electron chi connectivity index (χ2n) is 4.27. The lowest BCUT2D eigenvalue weighted by molar-refractivity contribution is -0.138. The predicted molar refractivity (Wildman–Crippen MR) is 79.9 cm³/mol. The maximum absolute atomic E-state index is 10.7. The number of hydrogen-bond donors (Lipinski definition) is 3. The fourth-order valence-corrected chi connectivity index (χ4v) is 2.00. The zero-order valence-electron chi connectivity index (χ0n) is 10.2. The monoisotopic (exact) mass is 325 g/mol. The van der Waals surface area contributed by atoms with Gasteiger partial charge in [-0.1, -0.05) is 30.3 Å². The summed E-state index contributed by atoms with van der Waals surface area (Å²) >= 11 is 0. The van der Waals surface area contributed by atoms with Crippen LogP contribution in [0.3, 0.4) is 0 Å². The molecule has 0 fully saturated rings. The number of benzene rings is 2. The number of fused-ring (bicyclic) bond motifs is 1. The molecule has 2 aromatic rings. The Bertz CT molecular complexity index is 586. The molecule has 0 aliphatic rings. The van der Waals surface area contributed by atoms with Gasteiger partial charge in [0.1, 0.15) is 11.8 Å². The lowest BCUT2D eigenvalue weighted by Crippen LogP contribution is -2.30. The summed E-state index contributed by atoms with van der Waals surface area (Å²) in [7, 11) is 0. The van der Waals surface area contributed by atoms with E-state index in [9.17, 15) is 9.90 Å².